The first-order valence-corrected chi connectivity index (χ1v) is 10.9. The van der Waals surface area contributed by atoms with E-state index in [4.69, 9.17) is 4.74 Å². The number of esters is 1. The second kappa shape index (κ2) is 7.88. The zero-order valence-corrected chi connectivity index (χ0v) is 17.5. The van der Waals surface area contributed by atoms with Gasteiger partial charge in [-0.3, -0.25) is 9.59 Å². The third kappa shape index (κ3) is 3.86. The van der Waals surface area contributed by atoms with E-state index in [-0.39, 0.29) is 17.4 Å². The molecule has 1 aromatic carbocycles. The largest absolute Gasteiger partial charge is 0.450 e. The van der Waals surface area contributed by atoms with Crippen molar-refractivity contribution in [3.8, 4) is 9.88 Å². The van der Waals surface area contributed by atoms with Crippen LogP contribution in [-0.2, 0) is 16.0 Å². The highest BCUT2D eigenvalue weighted by atomic mass is 32.1. The van der Waals surface area contributed by atoms with E-state index in [1.54, 1.807) is 46.7 Å². The fourth-order valence-corrected chi connectivity index (χ4v) is 4.88. The summed E-state index contributed by atoms with van der Waals surface area (Å²) in [5.74, 6) is -0.916. The van der Waals surface area contributed by atoms with Gasteiger partial charge in [0.1, 0.15) is 5.01 Å². The molecule has 0 aliphatic carbocycles. The Labute approximate surface area is 175 Å². The molecule has 0 spiro atoms. The lowest BCUT2D eigenvalue weighted by Gasteiger charge is -2.15. The number of fused-ring (bicyclic) bond motifs is 1. The second-order valence-electron chi connectivity index (χ2n) is 6.69. The first kappa shape index (κ1) is 19.5. The van der Waals surface area contributed by atoms with E-state index in [0.717, 1.165) is 21.1 Å². The molecule has 0 saturated heterocycles. The number of anilines is 1. The van der Waals surface area contributed by atoms with Crippen LogP contribution in [0.25, 0.3) is 9.88 Å². The highest BCUT2D eigenvalue weighted by Gasteiger charge is 2.26. The van der Waals surface area contributed by atoms with Crippen molar-refractivity contribution in [1.82, 2.24) is 4.98 Å². The Bertz CT molecular complexity index is 1090. The number of nitrogens with zero attached hydrogens (tertiary/aromatic N) is 2. The van der Waals surface area contributed by atoms with Crippen molar-refractivity contribution in [2.45, 2.75) is 26.4 Å². The van der Waals surface area contributed by atoms with Gasteiger partial charge in [-0.1, -0.05) is 6.07 Å². The van der Waals surface area contributed by atoms with Crippen molar-refractivity contribution in [2.24, 2.45) is 0 Å². The van der Waals surface area contributed by atoms with Crippen molar-refractivity contribution in [3.05, 3.63) is 57.9 Å². The fourth-order valence-electron chi connectivity index (χ4n) is 3.27. The number of rotatable bonds is 5. The molecule has 0 N–H and O–H groups in total. The van der Waals surface area contributed by atoms with Crippen LogP contribution in [0.3, 0.4) is 0 Å². The Balaban J connectivity index is 1.45. The smallest absolute Gasteiger partial charge is 0.358 e. The summed E-state index contributed by atoms with van der Waals surface area (Å²) in [7, 11) is 0. The molecule has 3 heterocycles. The van der Waals surface area contributed by atoms with Crippen molar-refractivity contribution < 1.29 is 19.1 Å². The summed E-state index contributed by atoms with van der Waals surface area (Å²) in [5, 5.41) is 4.33. The summed E-state index contributed by atoms with van der Waals surface area (Å²) in [6.45, 7) is 3.70. The molecule has 4 rings (SSSR count). The summed E-state index contributed by atoms with van der Waals surface area (Å²) in [6.07, 6.45) is -0.230. The maximum absolute atomic E-state index is 12.7. The van der Waals surface area contributed by atoms with Gasteiger partial charge in [0.05, 0.1) is 4.88 Å². The molecule has 1 aliphatic rings. The van der Waals surface area contributed by atoms with E-state index in [1.807, 2.05) is 17.5 Å². The lowest BCUT2D eigenvalue weighted by atomic mass is 10.0. The van der Waals surface area contributed by atoms with Crippen molar-refractivity contribution in [3.63, 3.8) is 0 Å². The Hall–Kier alpha value is -2.84. The van der Waals surface area contributed by atoms with E-state index in [2.05, 4.69) is 4.98 Å². The number of carbonyl (C=O) groups excluding carboxylic acids is 3. The number of ether oxygens (including phenoxy) is 1. The number of ketones is 1. The van der Waals surface area contributed by atoms with Crippen LogP contribution in [0.2, 0.25) is 0 Å². The predicted octanol–water partition coefficient (Wildman–Crippen LogP) is 4.21. The third-order valence-electron chi connectivity index (χ3n) is 4.74. The van der Waals surface area contributed by atoms with Gasteiger partial charge in [-0.25, -0.2) is 9.78 Å². The van der Waals surface area contributed by atoms with Crippen LogP contribution < -0.4 is 4.90 Å². The Morgan fingerprint density at radius 1 is 1.21 bits per heavy atom. The molecule has 1 amide bonds. The van der Waals surface area contributed by atoms with Crippen LogP contribution in [0.4, 0.5) is 5.69 Å². The Kier molecular flexibility index (Phi) is 5.29. The van der Waals surface area contributed by atoms with Crippen LogP contribution in [-0.4, -0.2) is 35.3 Å². The molecule has 3 aromatic rings. The molecule has 1 aliphatic heterocycles. The first-order valence-electron chi connectivity index (χ1n) is 9.09. The zero-order valence-electron chi connectivity index (χ0n) is 15.9. The van der Waals surface area contributed by atoms with E-state index >= 15 is 0 Å². The van der Waals surface area contributed by atoms with Crippen LogP contribution in [0.1, 0.15) is 40.3 Å². The zero-order chi connectivity index (χ0) is 20.5. The average molecular weight is 427 g/mol. The number of thiazole rings is 1. The molecule has 1 unspecified atom stereocenters. The normalized spacial score (nSPS) is 13.8. The standard InChI is InChI=1S/C21H18N2O4S2/c1-12(27-21(26)16-11-29-20(22-16)18-4-3-9-28-18)19(25)15-5-6-17-14(10-15)7-8-23(17)13(2)24/h3-6,9-12H,7-8H2,1-2H3. The van der Waals surface area contributed by atoms with Crippen molar-refractivity contribution >= 4 is 46.0 Å². The Morgan fingerprint density at radius 2 is 2.03 bits per heavy atom. The lowest BCUT2D eigenvalue weighted by Crippen LogP contribution is -2.26. The molecule has 29 heavy (non-hydrogen) atoms. The van der Waals surface area contributed by atoms with Gasteiger partial charge in [0.25, 0.3) is 0 Å². The molecular weight excluding hydrogens is 408 g/mol. The molecule has 0 saturated carbocycles. The topological polar surface area (TPSA) is 76.6 Å². The summed E-state index contributed by atoms with van der Waals surface area (Å²) >= 11 is 2.91. The number of thiophene rings is 1. The molecule has 2 aromatic heterocycles. The van der Waals surface area contributed by atoms with E-state index in [0.29, 0.717) is 18.5 Å². The fraction of sp³-hybridized carbons (Fsp3) is 0.238. The lowest BCUT2D eigenvalue weighted by molar-refractivity contribution is -0.116. The highest BCUT2D eigenvalue weighted by Crippen LogP contribution is 2.30. The van der Waals surface area contributed by atoms with Crippen molar-refractivity contribution in [1.29, 1.82) is 0 Å². The third-order valence-corrected chi connectivity index (χ3v) is 6.62. The van der Waals surface area contributed by atoms with Gasteiger partial charge in [0, 0.05) is 30.1 Å². The molecule has 148 valence electrons. The summed E-state index contributed by atoms with van der Waals surface area (Å²) in [4.78, 5) is 43.8. The van der Waals surface area contributed by atoms with Crippen LogP contribution in [0, 0.1) is 0 Å². The number of amides is 1. The molecule has 0 radical (unpaired) electrons. The van der Waals surface area contributed by atoms with Crippen LogP contribution >= 0.6 is 22.7 Å². The van der Waals surface area contributed by atoms with Gasteiger partial charge >= 0.3 is 5.97 Å². The molecule has 8 heteroatoms. The number of benzene rings is 1. The van der Waals surface area contributed by atoms with E-state index in [9.17, 15) is 14.4 Å². The average Bonchev–Trinajstić information content (AvgIpc) is 3.46. The predicted molar refractivity (Wildman–Crippen MR) is 113 cm³/mol. The van der Waals surface area contributed by atoms with E-state index in [1.165, 1.54) is 18.3 Å². The molecular formula is C21H18N2O4S2. The molecule has 6 nitrogen and oxygen atoms in total. The minimum Gasteiger partial charge on any atom is -0.450 e. The minimum absolute atomic E-state index is 0.0182. The van der Waals surface area contributed by atoms with Gasteiger partial charge in [-0.05, 0) is 48.6 Å². The maximum Gasteiger partial charge on any atom is 0.358 e. The van der Waals surface area contributed by atoms with Gasteiger partial charge in [-0.15, -0.1) is 22.7 Å². The highest BCUT2D eigenvalue weighted by molar-refractivity contribution is 7.20. The molecule has 1 atom stereocenters. The van der Waals surface area contributed by atoms with Crippen LogP contribution in [0.5, 0.6) is 0 Å². The SMILES string of the molecule is CC(=O)N1CCc2cc(C(=O)C(C)OC(=O)c3csc(-c4cccs4)n3)ccc21. The van der Waals surface area contributed by atoms with Crippen LogP contribution in [0.15, 0.2) is 41.1 Å². The van der Waals surface area contributed by atoms with E-state index < -0.39 is 12.1 Å². The van der Waals surface area contributed by atoms with Gasteiger partial charge in [-0.2, -0.15) is 0 Å². The number of Topliss-reactive ketones (excluding diaryl/α,β-unsaturated/α-hetero) is 1. The number of aromatic nitrogens is 1. The molecule has 0 fully saturated rings. The minimum atomic E-state index is -0.933. The monoisotopic (exact) mass is 426 g/mol. The van der Waals surface area contributed by atoms with Gasteiger partial charge < -0.3 is 9.64 Å². The first-order chi connectivity index (χ1) is 13.9. The van der Waals surface area contributed by atoms with Gasteiger partial charge in [0.15, 0.2) is 11.8 Å². The number of hydrogen-bond acceptors (Lipinski definition) is 7. The van der Waals surface area contributed by atoms with Crippen molar-refractivity contribution in [2.75, 3.05) is 11.4 Å². The van der Waals surface area contributed by atoms with Gasteiger partial charge in [0.2, 0.25) is 11.7 Å². The number of hydrogen-bond donors (Lipinski definition) is 0. The Morgan fingerprint density at radius 3 is 2.76 bits per heavy atom. The second-order valence-corrected chi connectivity index (χ2v) is 8.50. The molecule has 0 bridgehead atoms. The summed E-state index contributed by atoms with van der Waals surface area (Å²) in [6, 6.07) is 9.09. The number of carbonyl (C=O) groups is 3. The summed E-state index contributed by atoms with van der Waals surface area (Å²) in [5.41, 5.74) is 2.45. The maximum atomic E-state index is 12.7. The quantitative estimate of drug-likeness (QED) is 0.451. The summed E-state index contributed by atoms with van der Waals surface area (Å²) < 4.78 is 5.36.